The van der Waals surface area contributed by atoms with Gasteiger partial charge in [0, 0.05) is 24.5 Å². The number of nitrogens with zero attached hydrogens (tertiary/aromatic N) is 2. The Labute approximate surface area is 197 Å². The van der Waals surface area contributed by atoms with Crippen molar-refractivity contribution in [1.82, 2.24) is 4.90 Å². The molecule has 1 saturated heterocycles. The van der Waals surface area contributed by atoms with Crippen LogP contribution in [0.4, 0.5) is 10.1 Å². The fourth-order valence-electron chi connectivity index (χ4n) is 5.38. The molecule has 34 heavy (non-hydrogen) atoms. The van der Waals surface area contributed by atoms with Gasteiger partial charge in [0.2, 0.25) is 6.79 Å². The van der Waals surface area contributed by atoms with Gasteiger partial charge in [-0.15, -0.1) is 0 Å². The molecule has 0 unspecified atom stereocenters. The number of sulfonamides is 1. The quantitative estimate of drug-likeness (QED) is 0.602. The number of anilines is 1. The van der Waals surface area contributed by atoms with Crippen molar-refractivity contribution in [3.8, 4) is 11.5 Å². The first-order chi connectivity index (χ1) is 16.5. The summed E-state index contributed by atoms with van der Waals surface area (Å²) in [5.74, 6) is 0.907. The van der Waals surface area contributed by atoms with Gasteiger partial charge in [0.25, 0.3) is 10.0 Å². The lowest BCUT2D eigenvalue weighted by Gasteiger charge is -2.59. The summed E-state index contributed by atoms with van der Waals surface area (Å²) in [6.45, 7) is 0.933. The average molecular weight is 483 g/mol. The maximum Gasteiger partial charge on any atom is 0.264 e. The van der Waals surface area contributed by atoms with Gasteiger partial charge in [0.1, 0.15) is 5.82 Å². The second-order valence-corrected chi connectivity index (χ2v) is 10.6. The third-order valence-electron chi connectivity index (χ3n) is 6.99. The van der Waals surface area contributed by atoms with E-state index in [1.807, 2.05) is 36.4 Å². The molecule has 0 aliphatic carbocycles. The summed E-state index contributed by atoms with van der Waals surface area (Å²) in [6.07, 6.45) is 0. The molecule has 0 bridgehead atoms. The summed E-state index contributed by atoms with van der Waals surface area (Å²) in [5, 5.41) is 10.2. The van der Waals surface area contributed by atoms with Crippen molar-refractivity contribution >= 4 is 15.7 Å². The summed E-state index contributed by atoms with van der Waals surface area (Å²) in [4.78, 5) is 2.19. The van der Waals surface area contributed by atoms with E-state index in [0.717, 1.165) is 23.3 Å². The van der Waals surface area contributed by atoms with Gasteiger partial charge in [-0.2, -0.15) is 0 Å². The molecule has 0 radical (unpaired) electrons. The highest BCUT2D eigenvalue weighted by Gasteiger charge is 2.54. The van der Waals surface area contributed by atoms with Gasteiger partial charge in [-0.25, -0.2) is 12.8 Å². The molecule has 3 aliphatic heterocycles. The minimum atomic E-state index is -3.90. The first-order valence-corrected chi connectivity index (χ1v) is 12.5. The SMILES string of the molecule is O=S(=O)(c1ccc(F)cc1)N1C[C@H]2[C@@H](c3ccccc31)[C@H](CO)N2Cc1ccc2c(c1)OCO2. The van der Waals surface area contributed by atoms with Crippen LogP contribution < -0.4 is 13.8 Å². The van der Waals surface area contributed by atoms with E-state index < -0.39 is 15.8 Å². The summed E-state index contributed by atoms with van der Waals surface area (Å²) in [5.41, 5.74) is 2.49. The summed E-state index contributed by atoms with van der Waals surface area (Å²) in [7, 11) is -3.90. The molecule has 3 heterocycles. The highest BCUT2D eigenvalue weighted by molar-refractivity contribution is 7.92. The van der Waals surface area contributed by atoms with E-state index >= 15 is 0 Å². The van der Waals surface area contributed by atoms with Gasteiger partial charge in [0.05, 0.1) is 23.7 Å². The molecular formula is C25H23FN2O5S. The van der Waals surface area contributed by atoms with Crippen LogP contribution in [0.15, 0.2) is 71.6 Å². The standard InChI is InChI=1S/C25H23FN2O5S/c26-17-6-8-18(9-7-17)34(30,31)28-13-21-25(19-3-1-2-4-20(19)28)22(14-29)27(21)12-16-5-10-23-24(11-16)33-15-32-23/h1-11,21-22,25,29H,12-15H2/t21-,22-,25+/m0/s1. The molecule has 0 aromatic heterocycles. The topological polar surface area (TPSA) is 79.3 Å². The van der Waals surface area contributed by atoms with E-state index in [1.54, 1.807) is 6.07 Å². The Bertz CT molecular complexity index is 1350. The minimum Gasteiger partial charge on any atom is -0.454 e. The van der Waals surface area contributed by atoms with Crippen LogP contribution in [0.2, 0.25) is 0 Å². The number of rotatable bonds is 5. The van der Waals surface area contributed by atoms with Gasteiger partial charge in [0.15, 0.2) is 11.5 Å². The maximum absolute atomic E-state index is 13.6. The molecule has 0 saturated carbocycles. The maximum atomic E-state index is 13.6. The lowest BCUT2D eigenvalue weighted by atomic mass is 9.72. The molecule has 0 amide bonds. The predicted octanol–water partition coefficient (Wildman–Crippen LogP) is 3.09. The Balaban J connectivity index is 1.36. The lowest BCUT2D eigenvalue weighted by Crippen LogP contribution is -2.68. The second kappa shape index (κ2) is 7.97. The van der Waals surface area contributed by atoms with Crippen LogP contribution in [0.1, 0.15) is 17.0 Å². The Morgan fingerprint density at radius 1 is 1.00 bits per heavy atom. The first-order valence-electron chi connectivity index (χ1n) is 11.1. The van der Waals surface area contributed by atoms with Crippen molar-refractivity contribution in [2.45, 2.75) is 29.4 Å². The summed E-state index contributed by atoms with van der Waals surface area (Å²) >= 11 is 0. The van der Waals surface area contributed by atoms with Crippen molar-refractivity contribution in [2.75, 3.05) is 24.2 Å². The summed E-state index contributed by atoms with van der Waals surface area (Å²) < 4.78 is 52.9. The number of likely N-dealkylation sites (tertiary alicyclic amines) is 1. The number of fused-ring (bicyclic) bond motifs is 4. The molecule has 9 heteroatoms. The Morgan fingerprint density at radius 3 is 2.56 bits per heavy atom. The van der Waals surface area contributed by atoms with Crippen molar-refractivity contribution in [3.63, 3.8) is 0 Å². The van der Waals surface area contributed by atoms with Gasteiger partial charge >= 0.3 is 0 Å². The van der Waals surface area contributed by atoms with E-state index in [0.29, 0.717) is 23.7 Å². The number of halogens is 1. The molecule has 6 rings (SSSR count). The van der Waals surface area contributed by atoms with Gasteiger partial charge in [-0.1, -0.05) is 24.3 Å². The van der Waals surface area contributed by atoms with Crippen LogP contribution in [0.25, 0.3) is 0 Å². The zero-order valence-corrected chi connectivity index (χ0v) is 19.0. The second-order valence-electron chi connectivity index (χ2n) is 8.75. The summed E-state index contributed by atoms with van der Waals surface area (Å²) in [6, 6.07) is 17.8. The van der Waals surface area contributed by atoms with Crippen LogP contribution in [0.3, 0.4) is 0 Å². The molecule has 176 valence electrons. The largest absolute Gasteiger partial charge is 0.454 e. The van der Waals surface area contributed by atoms with Crippen LogP contribution in [-0.2, 0) is 16.6 Å². The smallest absolute Gasteiger partial charge is 0.264 e. The molecule has 0 spiro atoms. The third-order valence-corrected chi connectivity index (χ3v) is 8.78. The monoisotopic (exact) mass is 482 g/mol. The van der Waals surface area contributed by atoms with Gasteiger partial charge in [-0.3, -0.25) is 9.21 Å². The lowest BCUT2D eigenvalue weighted by molar-refractivity contribution is -0.0477. The van der Waals surface area contributed by atoms with Crippen LogP contribution in [0.5, 0.6) is 11.5 Å². The van der Waals surface area contributed by atoms with E-state index in [2.05, 4.69) is 4.90 Å². The number of hydrogen-bond donors (Lipinski definition) is 1. The molecule has 1 N–H and O–H groups in total. The molecule has 7 nitrogen and oxygen atoms in total. The molecule has 3 atom stereocenters. The van der Waals surface area contributed by atoms with Crippen molar-refractivity contribution in [2.24, 2.45) is 0 Å². The van der Waals surface area contributed by atoms with Crippen molar-refractivity contribution in [3.05, 3.63) is 83.7 Å². The normalized spacial score (nSPS) is 23.2. The number of para-hydroxylation sites is 1. The molecule has 3 aliphatic rings. The number of aliphatic hydroxyl groups excluding tert-OH is 1. The molecular weight excluding hydrogens is 459 g/mol. The van der Waals surface area contributed by atoms with Crippen molar-refractivity contribution < 1.29 is 27.4 Å². The number of benzene rings is 3. The number of ether oxygens (including phenoxy) is 2. The fraction of sp³-hybridized carbons (Fsp3) is 0.280. The van der Waals surface area contributed by atoms with Crippen LogP contribution in [0, 0.1) is 5.82 Å². The fourth-order valence-corrected chi connectivity index (χ4v) is 6.88. The van der Waals surface area contributed by atoms with Crippen LogP contribution in [-0.4, -0.2) is 50.5 Å². The Morgan fingerprint density at radius 2 is 1.76 bits per heavy atom. The van der Waals surface area contributed by atoms with Gasteiger partial charge in [-0.05, 0) is 53.6 Å². The zero-order chi connectivity index (χ0) is 23.4. The molecule has 3 aromatic rings. The Kier molecular flexibility index (Phi) is 5.02. The van der Waals surface area contributed by atoms with E-state index in [-0.39, 0.29) is 42.8 Å². The van der Waals surface area contributed by atoms with Crippen LogP contribution >= 0.6 is 0 Å². The minimum absolute atomic E-state index is 0.00915. The molecule has 1 fully saturated rings. The number of hydrogen-bond acceptors (Lipinski definition) is 6. The van der Waals surface area contributed by atoms with E-state index in [4.69, 9.17) is 9.47 Å². The average Bonchev–Trinajstić information content (AvgIpc) is 3.30. The van der Waals surface area contributed by atoms with Crippen molar-refractivity contribution in [1.29, 1.82) is 0 Å². The van der Waals surface area contributed by atoms with E-state index in [9.17, 15) is 17.9 Å². The first kappa shape index (κ1) is 21.4. The Hall–Kier alpha value is -3.14. The zero-order valence-electron chi connectivity index (χ0n) is 18.2. The highest BCUT2D eigenvalue weighted by atomic mass is 32.2. The highest BCUT2D eigenvalue weighted by Crippen LogP contribution is 2.50. The third kappa shape index (κ3) is 3.26. The predicted molar refractivity (Wildman–Crippen MR) is 123 cm³/mol. The van der Waals surface area contributed by atoms with E-state index in [1.165, 1.54) is 16.4 Å². The number of aliphatic hydroxyl groups is 1. The van der Waals surface area contributed by atoms with Gasteiger partial charge < -0.3 is 14.6 Å². The molecule has 3 aromatic carbocycles.